The molecule has 1 fully saturated rings. The number of ether oxygens (including phenoxy) is 1. The summed E-state index contributed by atoms with van der Waals surface area (Å²) in [6.45, 7) is 6.36. The van der Waals surface area contributed by atoms with Gasteiger partial charge in [-0.1, -0.05) is 23.5 Å². The lowest BCUT2D eigenvalue weighted by molar-refractivity contribution is 0.0347. The van der Waals surface area contributed by atoms with Crippen molar-refractivity contribution in [2.24, 2.45) is 0 Å². The molecule has 1 aliphatic heterocycles. The zero-order valence-corrected chi connectivity index (χ0v) is 15.5. The Morgan fingerprint density at radius 3 is 2.73 bits per heavy atom. The fraction of sp³-hybridized carbons (Fsp3) is 0.316. The van der Waals surface area contributed by atoms with E-state index in [2.05, 4.69) is 20.2 Å². The Kier molecular flexibility index (Phi) is 5.19. The van der Waals surface area contributed by atoms with Gasteiger partial charge in [-0.2, -0.15) is 0 Å². The molecule has 0 amide bonds. The minimum atomic E-state index is 0.788. The number of aromatic nitrogens is 3. The number of pyridine rings is 2. The standard InChI is InChI=1S/C19H21N5OS/c1-14-5-4-8-21-18(14)23-19-22-17(15-6-2-3-7-20-15)16(26-19)13-24-9-11-25-12-10-24/h2-8H,9-13H2,1H3,(H,21,22,23). The largest absolute Gasteiger partial charge is 0.379 e. The van der Waals surface area contributed by atoms with Gasteiger partial charge in [-0.3, -0.25) is 9.88 Å². The molecule has 0 unspecified atom stereocenters. The van der Waals surface area contributed by atoms with Gasteiger partial charge >= 0.3 is 0 Å². The highest BCUT2D eigenvalue weighted by Crippen LogP contribution is 2.33. The topological polar surface area (TPSA) is 63.2 Å². The van der Waals surface area contributed by atoms with Gasteiger partial charge in [0.15, 0.2) is 5.13 Å². The van der Waals surface area contributed by atoms with E-state index in [4.69, 9.17) is 9.72 Å². The van der Waals surface area contributed by atoms with Crippen LogP contribution in [0, 0.1) is 6.92 Å². The Morgan fingerprint density at radius 2 is 1.96 bits per heavy atom. The lowest BCUT2D eigenvalue weighted by Crippen LogP contribution is -2.35. The van der Waals surface area contributed by atoms with E-state index in [1.165, 1.54) is 4.88 Å². The highest BCUT2D eigenvalue weighted by Gasteiger charge is 2.19. The summed E-state index contributed by atoms with van der Waals surface area (Å²) in [5.74, 6) is 0.840. The average molecular weight is 367 g/mol. The molecule has 4 rings (SSSR count). The highest BCUT2D eigenvalue weighted by molar-refractivity contribution is 7.16. The molecule has 0 saturated carbocycles. The second-order valence-corrected chi connectivity index (χ2v) is 7.27. The van der Waals surface area contributed by atoms with Gasteiger partial charge < -0.3 is 10.1 Å². The summed E-state index contributed by atoms with van der Waals surface area (Å²) in [6.07, 6.45) is 3.60. The van der Waals surface area contributed by atoms with Gasteiger partial charge in [0.25, 0.3) is 0 Å². The van der Waals surface area contributed by atoms with E-state index in [9.17, 15) is 0 Å². The molecule has 134 valence electrons. The molecule has 0 radical (unpaired) electrons. The fourth-order valence-electron chi connectivity index (χ4n) is 2.90. The molecule has 0 spiro atoms. The summed E-state index contributed by atoms with van der Waals surface area (Å²) in [6, 6.07) is 9.90. The van der Waals surface area contributed by atoms with Crippen molar-refractivity contribution in [3.63, 3.8) is 0 Å². The second kappa shape index (κ2) is 7.90. The van der Waals surface area contributed by atoms with Crippen LogP contribution in [-0.2, 0) is 11.3 Å². The zero-order chi connectivity index (χ0) is 17.8. The lowest BCUT2D eigenvalue weighted by atomic mass is 10.2. The Bertz CT molecular complexity index is 861. The first-order valence-electron chi connectivity index (χ1n) is 8.69. The Morgan fingerprint density at radius 1 is 1.12 bits per heavy atom. The van der Waals surface area contributed by atoms with Gasteiger partial charge in [0.05, 0.1) is 23.8 Å². The van der Waals surface area contributed by atoms with Crippen LogP contribution in [0.3, 0.4) is 0 Å². The third-order valence-electron chi connectivity index (χ3n) is 4.31. The maximum absolute atomic E-state index is 5.46. The number of hydrogen-bond donors (Lipinski definition) is 1. The van der Waals surface area contributed by atoms with E-state index >= 15 is 0 Å². The predicted molar refractivity (Wildman–Crippen MR) is 104 cm³/mol. The Hall–Kier alpha value is -2.35. The normalized spacial score (nSPS) is 15.1. The summed E-state index contributed by atoms with van der Waals surface area (Å²) in [5.41, 5.74) is 2.94. The molecule has 3 aromatic rings. The second-order valence-electron chi connectivity index (χ2n) is 6.19. The molecule has 0 aliphatic carbocycles. The molecule has 0 bridgehead atoms. The Balaban J connectivity index is 1.64. The van der Waals surface area contributed by atoms with Crippen LogP contribution in [0.2, 0.25) is 0 Å². The molecule has 0 aromatic carbocycles. The van der Waals surface area contributed by atoms with Gasteiger partial charge in [-0.15, -0.1) is 0 Å². The van der Waals surface area contributed by atoms with Gasteiger partial charge in [0.2, 0.25) is 0 Å². The van der Waals surface area contributed by atoms with Crippen LogP contribution in [0.5, 0.6) is 0 Å². The van der Waals surface area contributed by atoms with Crippen molar-refractivity contribution < 1.29 is 4.74 Å². The molecule has 7 heteroatoms. The van der Waals surface area contributed by atoms with E-state index in [-0.39, 0.29) is 0 Å². The smallest absolute Gasteiger partial charge is 0.189 e. The van der Waals surface area contributed by atoms with Crippen LogP contribution in [0.4, 0.5) is 10.9 Å². The van der Waals surface area contributed by atoms with Crippen molar-refractivity contribution in [3.8, 4) is 11.4 Å². The molecule has 1 saturated heterocycles. The van der Waals surface area contributed by atoms with Crippen LogP contribution in [0.15, 0.2) is 42.7 Å². The SMILES string of the molecule is Cc1cccnc1Nc1nc(-c2ccccn2)c(CN2CCOCC2)s1. The minimum Gasteiger partial charge on any atom is -0.379 e. The molecular weight excluding hydrogens is 346 g/mol. The molecule has 0 atom stereocenters. The number of aryl methyl sites for hydroxylation is 1. The van der Waals surface area contributed by atoms with Crippen LogP contribution >= 0.6 is 11.3 Å². The van der Waals surface area contributed by atoms with E-state index in [0.29, 0.717) is 0 Å². The molecule has 3 aromatic heterocycles. The molecule has 1 aliphatic rings. The highest BCUT2D eigenvalue weighted by atomic mass is 32.1. The number of thiazole rings is 1. The first-order chi connectivity index (χ1) is 12.8. The van der Waals surface area contributed by atoms with Gasteiger partial charge in [-0.25, -0.2) is 9.97 Å². The van der Waals surface area contributed by atoms with Crippen molar-refractivity contribution in [1.82, 2.24) is 19.9 Å². The van der Waals surface area contributed by atoms with E-state index in [1.807, 2.05) is 43.5 Å². The number of morpholine rings is 1. The Labute approximate surface area is 156 Å². The number of anilines is 2. The third kappa shape index (κ3) is 3.90. The van der Waals surface area contributed by atoms with Gasteiger partial charge in [0, 0.05) is 32.0 Å². The van der Waals surface area contributed by atoms with Crippen LogP contribution < -0.4 is 5.32 Å². The number of rotatable bonds is 5. The van der Waals surface area contributed by atoms with Crippen LogP contribution in [0.25, 0.3) is 11.4 Å². The quantitative estimate of drug-likeness (QED) is 0.745. The molecule has 1 N–H and O–H groups in total. The van der Waals surface area contributed by atoms with E-state index in [0.717, 1.165) is 60.7 Å². The maximum atomic E-state index is 5.46. The first-order valence-corrected chi connectivity index (χ1v) is 9.51. The van der Waals surface area contributed by atoms with Crippen molar-refractivity contribution >= 4 is 22.3 Å². The summed E-state index contributed by atoms with van der Waals surface area (Å²) >= 11 is 1.67. The fourth-order valence-corrected chi connectivity index (χ4v) is 3.91. The lowest BCUT2D eigenvalue weighted by Gasteiger charge is -2.26. The first kappa shape index (κ1) is 17.1. The predicted octanol–water partition coefficient (Wildman–Crippen LogP) is 3.48. The van der Waals surface area contributed by atoms with Crippen molar-refractivity contribution in [2.75, 3.05) is 31.6 Å². The average Bonchev–Trinajstić information content (AvgIpc) is 3.07. The summed E-state index contributed by atoms with van der Waals surface area (Å²) < 4.78 is 5.46. The van der Waals surface area contributed by atoms with Crippen LogP contribution in [-0.4, -0.2) is 46.2 Å². The van der Waals surface area contributed by atoms with Gasteiger partial charge in [0.1, 0.15) is 11.5 Å². The molecule has 26 heavy (non-hydrogen) atoms. The summed E-state index contributed by atoms with van der Waals surface area (Å²) in [4.78, 5) is 17.4. The number of nitrogens with one attached hydrogen (secondary N) is 1. The molecular formula is C19H21N5OS. The van der Waals surface area contributed by atoms with Crippen LogP contribution in [0.1, 0.15) is 10.4 Å². The summed E-state index contributed by atoms with van der Waals surface area (Å²) in [7, 11) is 0. The van der Waals surface area contributed by atoms with E-state index < -0.39 is 0 Å². The monoisotopic (exact) mass is 367 g/mol. The zero-order valence-electron chi connectivity index (χ0n) is 14.7. The summed E-state index contributed by atoms with van der Waals surface area (Å²) in [5, 5.41) is 4.21. The third-order valence-corrected chi connectivity index (χ3v) is 5.27. The van der Waals surface area contributed by atoms with E-state index in [1.54, 1.807) is 17.5 Å². The van der Waals surface area contributed by atoms with Crippen molar-refractivity contribution in [3.05, 3.63) is 53.2 Å². The number of nitrogens with zero attached hydrogens (tertiary/aromatic N) is 4. The van der Waals surface area contributed by atoms with Crippen molar-refractivity contribution in [1.29, 1.82) is 0 Å². The number of hydrogen-bond acceptors (Lipinski definition) is 7. The molecule has 6 nitrogen and oxygen atoms in total. The maximum Gasteiger partial charge on any atom is 0.189 e. The minimum absolute atomic E-state index is 0.788. The van der Waals surface area contributed by atoms with Gasteiger partial charge in [-0.05, 0) is 30.7 Å². The van der Waals surface area contributed by atoms with Crippen molar-refractivity contribution in [2.45, 2.75) is 13.5 Å². The molecule has 4 heterocycles.